The third kappa shape index (κ3) is 4.97. The van der Waals surface area contributed by atoms with Crippen molar-refractivity contribution in [2.75, 3.05) is 42.9 Å². The summed E-state index contributed by atoms with van der Waals surface area (Å²) in [7, 11) is 0. The molecule has 0 aromatic carbocycles. The highest BCUT2D eigenvalue weighted by Gasteiger charge is 2.25. The highest BCUT2D eigenvalue weighted by molar-refractivity contribution is 5.54. The molecule has 5 heteroatoms. The molecule has 1 atom stereocenters. The van der Waals surface area contributed by atoms with Crippen LogP contribution in [0, 0.1) is 5.92 Å². The Bertz CT molecular complexity index is 636. The van der Waals surface area contributed by atoms with E-state index in [4.69, 9.17) is 9.97 Å². The van der Waals surface area contributed by atoms with E-state index in [1.807, 2.05) is 0 Å². The summed E-state index contributed by atoms with van der Waals surface area (Å²) < 4.78 is 0. The molecule has 28 heavy (non-hydrogen) atoms. The van der Waals surface area contributed by atoms with Gasteiger partial charge in [0.1, 0.15) is 5.82 Å². The van der Waals surface area contributed by atoms with Crippen molar-refractivity contribution in [3.8, 4) is 0 Å². The molecule has 1 aromatic rings. The molecule has 1 aliphatic carbocycles. The lowest BCUT2D eigenvalue weighted by Gasteiger charge is -2.34. The summed E-state index contributed by atoms with van der Waals surface area (Å²) in [6, 6.07) is 0.478. The third-order valence-electron chi connectivity index (χ3n) is 6.53. The maximum atomic E-state index is 5.12. The minimum Gasteiger partial charge on any atom is -0.356 e. The van der Waals surface area contributed by atoms with Gasteiger partial charge in [0, 0.05) is 37.8 Å². The molecule has 0 unspecified atom stereocenters. The molecular formula is C23H39N5. The maximum absolute atomic E-state index is 5.12. The van der Waals surface area contributed by atoms with Crippen molar-refractivity contribution in [2.24, 2.45) is 5.92 Å². The Hall–Kier alpha value is -1.36. The van der Waals surface area contributed by atoms with Crippen LogP contribution in [0.3, 0.4) is 0 Å². The zero-order chi connectivity index (χ0) is 19.3. The fourth-order valence-corrected chi connectivity index (χ4v) is 5.22. The number of hydrogen-bond acceptors (Lipinski definition) is 5. The van der Waals surface area contributed by atoms with Gasteiger partial charge in [0.15, 0.2) is 0 Å². The number of nitrogens with one attached hydrogen (secondary N) is 1. The van der Waals surface area contributed by atoms with Crippen LogP contribution in [0.4, 0.5) is 11.8 Å². The summed E-state index contributed by atoms with van der Waals surface area (Å²) in [6.07, 6.45) is 12.7. The molecule has 0 radical (unpaired) electrons. The molecular weight excluding hydrogens is 346 g/mol. The minimum absolute atomic E-state index is 0.478. The van der Waals surface area contributed by atoms with Crippen molar-refractivity contribution in [1.82, 2.24) is 14.9 Å². The van der Waals surface area contributed by atoms with E-state index in [2.05, 4.69) is 29.0 Å². The fourth-order valence-electron chi connectivity index (χ4n) is 5.22. The largest absolute Gasteiger partial charge is 0.356 e. The van der Waals surface area contributed by atoms with Gasteiger partial charge in [-0.25, -0.2) is 4.98 Å². The summed E-state index contributed by atoms with van der Waals surface area (Å²) in [5, 5.41) is 3.74. The average Bonchev–Trinajstić information content (AvgIpc) is 2.96. The van der Waals surface area contributed by atoms with Gasteiger partial charge in [0.2, 0.25) is 5.95 Å². The molecule has 0 saturated carbocycles. The number of aryl methyl sites for hydroxylation is 1. The number of piperidine rings is 1. The van der Waals surface area contributed by atoms with Gasteiger partial charge in [0.05, 0.1) is 5.69 Å². The zero-order valence-corrected chi connectivity index (χ0v) is 18.1. The van der Waals surface area contributed by atoms with Crippen LogP contribution >= 0.6 is 0 Å². The van der Waals surface area contributed by atoms with E-state index >= 15 is 0 Å². The first-order chi connectivity index (χ1) is 13.7. The Balaban J connectivity index is 1.53. The van der Waals surface area contributed by atoms with E-state index in [-0.39, 0.29) is 0 Å². The first-order valence-corrected chi connectivity index (χ1v) is 11.8. The van der Waals surface area contributed by atoms with Crippen LogP contribution in [-0.4, -0.2) is 53.6 Å². The molecule has 4 rings (SSSR count). The van der Waals surface area contributed by atoms with Crippen LogP contribution in [0.1, 0.15) is 76.5 Å². The summed E-state index contributed by atoms with van der Waals surface area (Å²) in [4.78, 5) is 15.3. The smallest absolute Gasteiger partial charge is 0.225 e. The number of likely N-dealkylation sites (tertiary alicyclic amines) is 1. The molecule has 0 amide bonds. The number of rotatable bonds is 5. The predicted octanol–water partition coefficient (Wildman–Crippen LogP) is 4.27. The van der Waals surface area contributed by atoms with Gasteiger partial charge in [-0.15, -0.1) is 0 Å². The first-order valence-electron chi connectivity index (χ1n) is 11.8. The number of nitrogens with zero attached hydrogens (tertiary/aromatic N) is 4. The highest BCUT2D eigenvalue weighted by atomic mass is 15.3. The van der Waals surface area contributed by atoms with Crippen molar-refractivity contribution in [3.63, 3.8) is 0 Å². The average molecular weight is 386 g/mol. The van der Waals surface area contributed by atoms with Gasteiger partial charge in [-0.05, 0) is 63.8 Å². The topological polar surface area (TPSA) is 44.3 Å². The monoisotopic (exact) mass is 385 g/mol. The molecule has 0 spiro atoms. The van der Waals surface area contributed by atoms with Crippen molar-refractivity contribution in [2.45, 2.75) is 84.1 Å². The second kappa shape index (κ2) is 9.43. The number of aromatic nitrogens is 2. The Morgan fingerprint density at radius 3 is 2.50 bits per heavy atom. The summed E-state index contributed by atoms with van der Waals surface area (Å²) in [5.74, 6) is 2.87. The molecule has 156 valence electrons. The lowest BCUT2D eigenvalue weighted by atomic mass is 9.96. The van der Waals surface area contributed by atoms with Crippen LogP contribution in [0.15, 0.2) is 0 Å². The highest BCUT2D eigenvalue weighted by Crippen LogP contribution is 2.31. The standard InChI is InChI=1S/C23H39N5/c1-18(2)16-27-13-9-10-19(17-27)24-23-25-21-12-6-5-11-20(21)22(26-23)28-14-7-3-4-8-15-28/h18-19H,3-17H2,1-2H3,(H,24,25,26)/t19-/m0/s1. The van der Waals surface area contributed by atoms with Gasteiger partial charge in [-0.2, -0.15) is 4.98 Å². The quantitative estimate of drug-likeness (QED) is 0.820. The lowest BCUT2D eigenvalue weighted by Crippen LogP contribution is -2.43. The van der Waals surface area contributed by atoms with Gasteiger partial charge < -0.3 is 15.1 Å². The molecule has 0 bridgehead atoms. The van der Waals surface area contributed by atoms with E-state index < -0.39 is 0 Å². The Morgan fingerprint density at radius 1 is 0.929 bits per heavy atom. The normalized spacial score (nSPS) is 24.1. The fraction of sp³-hybridized carbons (Fsp3) is 0.826. The van der Waals surface area contributed by atoms with E-state index in [9.17, 15) is 0 Å². The molecule has 2 saturated heterocycles. The van der Waals surface area contributed by atoms with E-state index in [0.29, 0.717) is 6.04 Å². The molecule has 3 aliphatic rings. The Labute approximate surface area is 171 Å². The number of anilines is 2. The van der Waals surface area contributed by atoms with E-state index in [1.165, 1.54) is 81.5 Å². The van der Waals surface area contributed by atoms with Crippen LogP contribution in [0.2, 0.25) is 0 Å². The molecule has 5 nitrogen and oxygen atoms in total. The van der Waals surface area contributed by atoms with Crippen molar-refractivity contribution >= 4 is 11.8 Å². The molecule has 1 aromatic heterocycles. The maximum Gasteiger partial charge on any atom is 0.225 e. The number of fused-ring (bicyclic) bond motifs is 1. The van der Waals surface area contributed by atoms with Gasteiger partial charge in [0.25, 0.3) is 0 Å². The zero-order valence-electron chi connectivity index (χ0n) is 18.1. The summed E-state index contributed by atoms with van der Waals surface area (Å²) in [5.41, 5.74) is 2.77. The van der Waals surface area contributed by atoms with Gasteiger partial charge in [-0.1, -0.05) is 26.7 Å². The lowest BCUT2D eigenvalue weighted by molar-refractivity contribution is 0.195. The van der Waals surface area contributed by atoms with Gasteiger partial charge >= 0.3 is 0 Å². The van der Waals surface area contributed by atoms with Crippen molar-refractivity contribution in [1.29, 1.82) is 0 Å². The van der Waals surface area contributed by atoms with E-state index in [1.54, 1.807) is 0 Å². The van der Waals surface area contributed by atoms with Crippen LogP contribution in [0.5, 0.6) is 0 Å². The summed E-state index contributed by atoms with van der Waals surface area (Å²) >= 11 is 0. The summed E-state index contributed by atoms with van der Waals surface area (Å²) in [6.45, 7) is 10.5. The van der Waals surface area contributed by atoms with Crippen molar-refractivity contribution in [3.05, 3.63) is 11.3 Å². The molecule has 2 fully saturated rings. The second-order valence-electron chi connectivity index (χ2n) is 9.54. The first kappa shape index (κ1) is 19.9. The number of hydrogen-bond donors (Lipinski definition) is 1. The minimum atomic E-state index is 0.478. The Kier molecular flexibility index (Phi) is 6.71. The third-order valence-corrected chi connectivity index (χ3v) is 6.53. The Morgan fingerprint density at radius 2 is 1.71 bits per heavy atom. The second-order valence-corrected chi connectivity index (χ2v) is 9.54. The predicted molar refractivity (Wildman–Crippen MR) is 117 cm³/mol. The molecule has 2 aliphatic heterocycles. The molecule has 3 heterocycles. The van der Waals surface area contributed by atoms with Crippen LogP contribution < -0.4 is 10.2 Å². The SMILES string of the molecule is CC(C)CN1CCC[C@H](Nc2nc3c(c(N4CCCCCC4)n2)CCCC3)C1. The van der Waals surface area contributed by atoms with E-state index in [0.717, 1.165) is 44.3 Å². The van der Waals surface area contributed by atoms with Crippen LogP contribution in [-0.2, 0) is 12.8 Å². The van der Waals surface area contributed by atoms with Gasteiger partial charge in [-0.3, -0.25) is 0 Å². The van der Waals surface area contributed by atoms with Crippen LogP contribution in [0.25, 0.3) is 0 Å². The molecule has 1 N–H and O–H groups in total. The van der Waals surface area contributed by atoms with Crippen molar-refractivity contribution < 1.29 is 0 Å².